The minimum absolute atomic E-state index is 0.0851. The van der Waals surface area contributed by atoms with Crippen LogP contribution in [0.1, 0.15) is 55.6 Å². The lowest BCUT2D eigenvalue weighted by molar-refractivity contribution is 0.0982. The molecule has 0 spiro atoms. The van der Waals surface area contributed by atoms with Crippen LogP contribution < -0.4 is 9.62 Å². The number of anilines is 1. The van der Waals surface area contributed by atoms with Crippen molar-refractivity contribution in [3.63, 3.8) is 0 Å². The average Bonchev–Trinajstić information content (AvgIpc) is 3.36. The maximum Gasteiger partial charge on any atom is 0.268 e. The van der Waals surface area contributed by atoms with Gasteiger partial charge in [-0.2, -0.15) is 5.10 Å². The summed E-state index contributed by atoms with van der Waals surface area (Å²) in [6.07, 6.45) is 3.63. The van der Waals surface area contributed by atoms with Crippen LogP contribution in [0.25, 0.3) is 5.52 Å². The number of nitrogens with zero attached hydrogens (tertiary/aromatic N) is 3. The molecule has 0 radical (unpaired) electrons. The van der Waals surface area contributed by atoms with Crippen molar-refractivity contribution in [1.29, 1.82) is 0 Å². The third-order valence-corrected chi connectivity index (χ3v) is 7.83. The summed E-state index contributed by atoms with van der Waals surface area (Å²) < 4.78 is 70.5. The van der Waals surface area contributed by atoms with Gasteiger partial charge in [0.1, 0.15) is 17.2 Å². The predicted octanol–water partition coefficient (Wildman–Crippen LogP) is 3.95. The predicted molar refractivity (Wildman–Crippen MR) is 117 cm³/mol. The monoisotopic (exact) mass is 480 g/mol. The fraction of sp³-hybridized carbons (Fsp3) is 0.364. The Hall–Kier alpha value is -3.08. The van der Waals surface area contributed by atoms with Gasteiger partial charge in [-0.25, -0.2) is 30.8 Å². The van der Waals surface area contributed by atoms with Crippen molar-refractivity contribution in [2.75, 3.05) is 11.4 Å². The highest BCUT2D eigenvalue weighted by Gasteiger charge is 2.34. The van der Waals surface area contributed by atoms with Gasteiger partial charge in [-0.15, -0.1) is 0 Å². The molecule has 1 atom stereocenters. The Morgan fingerprint density at radius 3 is 2.61 bits per heavy atom. The number of aromatic nitrogens is 2. The zero-order valence-corrected chi connectivity index (χ0v) is 19.1. The molecule has 0 bridgehead atoms. The molecule has 1 fully saturated rings. The van der Waals surface area contributed by atoms with E-state index in [1.165, 1.54) is 33.0 Å². The van der Waals surface area contributed by atoms with Crippen LogP contribution in [0, 0.1) is 17.5 Å². The van der Waals surface area contributed by atoms with Gasteiger partial charge in [0.15, 0.2) is 5.82 Å². The smallest absolute Gasteiger partial charge is 0.268 e. The molecule has 0 saturated carbocycles. The number of fused-ring (bicyclic) bond motifs is 1. The quantitative estimate of drug-likeness (QED) is 0.611. The number of sulfonamides is 1. The van der Waals surface area contributed by atoms with E-state index in [1.54, 1.807) is 4.90 Å². The van der Waals surface area contributed by atoms with Gasteiger partial charge in [0.05, 0.1) is 28.2 Å². The van der Waals surface area contributed by atoms with Crippen molar-refractivity contribution < 1.29 is 26.4 Å². The van der Waals surface area contributed by atoms with Crippen molar-refractivity contribution in [2.45, 2.75) is 44.4 Å². The van der Waals surface area contributed by atoms with Crippen LogP contribution in [-0.4, -0.2) is 35.2 Å². The van der Waals surface area contributed by atoms with Crippen molar-refractivity contribution in [3.05, 3.63) is 65.2 Å². The molecule has 0 unspecified atom stereocenters. The molecular formula is C22H23F3N4O3S. The number of hydrogen-bond acceptors (Lipinski definition) is 5. The van der Waals surface area contributed by atoms with Crippen LogP contribution in [0.2, 0.25) is 0 Å². The lowest BCUT2D eigenvalue weighted by Gasteiger charge is -2.28. The molecule has 3 aromatic rings. The van der Waals surface area contributed by atoms with E-state index in [4.69, 9.17) is 0 Å². The van der Waals surface area contributed by atoms with Crippen LogP contribution in [0.3, 0.4) is 0 Å². The van der Waals surface area contributed by atoms with E-state index in [2.05, 4.69) is 5.10 Å². The van der Waals surface area contributed by atoms with E-state index in [1.807, 2.05) is 4.72 Å². The van der Waals surface area contributed by atoms with Crippen molar-refractivity contribution in [2.24, 2.45) is 0 Å². The van der Waals surface area contributed by atoms with E-state index in [0.717, 1.165) is 28.9 Å². The van der Waals surface area contributed by atoms with E-state index in [-0.39, 0.29) is 22.3 Å². The summed E-state index contributed by atoms with van der Waals surface area (Å²) in [5.74, 6) is -3.00. The normalized spacial score (nSPS) is 17.0. The van der Waals surface area contributed by atoms with Gasteiger partial charge >= 0.3 is 0 Å². The third kappa shape index (κ3) is 4.05. The Labute approximate surface area is 189 Å². The second-order valence-electron chi connectivity index (χ2n) is 8.93. The fourth-order valence-electron chi connectivity index (χ4n) is 3.90. The molecule has 1 aliphatic heterocycles. The van der Waals surface area contributed by atoms with Crippen LogP contribution in [0.15, 0.2) is 36.7 Å². The molecule has 1 amide bonds. The summed E-state index contributed by atoms with van der Waals surface area (Å²) in [4.78, 5) is 14.3. The second kappa shape index (κ2) is 8.05. The molecule has 0 aliphatic carbocycles. The lowest BCUT2D eigenvalue weighted by atomic mass is 10.0. The molecule has 2 aromatic heterocycles. The van der Waals surface area contributed by atoms with E-state index >= 15 is 4.39 Å². The molecule has 176 valence electrons. The SMILES string of the molecule is CC(C)(C)S(=O)(=O)NC(=O)c1cnn2ccc(N3CCC[C@@H]3c3cc(F)ccc3F)c(F)c12. The number of pyridine rings is 1. The van der Waals surface area contributed by atoms with Gasteiger partial charge < -0.3 is 4.90 Å². The summed E-state index contributed by atoms with van der Waals surface area (Å²) in [6, 6.07) is 4.00. The van der Waals surface area contributed by atoms with Crippen molar-refractivity contribution in [1.82, 2.24) is 14.3 Å². The molecule has 1 N–H and O–H groups in total. The Morgan fingerprint density at radius 1 is 1.18 bits per heavy atom. The third-order valence-electron chi connectivity index (χ3n) is 5.76. The van der Waals surface area contributed by atoms with Gasteiger partial charge in [-0.1, -0.05) is 0 Å². The first kappa shape index (κ1) is 23.1. The standard InChI is InChI=1S/C22H23F3N4O3S/c1-22(2,3)33(31,32)27-21(30)15-12-26-29-10-8-18(19(25)20(15)29)28-9-4-5-17(28)14-11-13(23)6-7-16(14)24/h6-8,10-12,17H,4-5,9H2,1-3H3,(H,27,30)/t17-/m1/s1. The zero-order chi connectivity index (χ0) is 24.1. The molecule has 1 aliphatic rings. The van der Waals surface area contributed by atoms with Crippen LogP contribution >= 0.6 is 0 Å². The maximum atomic E-state index is 15.7. The minimum atomic E-state index is -4.03. The number of carbonyl (C=O) groups is 1. The van der Waals surface area contributed by atoms with Gasteiger partial charge in [-0.3, -0.25) is 4.79 Å². The Bertz CT molecular complexity index is 1350. The number of benzene rings is 1. The minimum Gasteiger partial charge on any atom is -0.362 e. The summed E-state index contributed by atoms with van der Waals surface area (Å²) in [5, 5.41) is 3.96. The topological polar surface area (TPSA) is 83.8 Å². The Balaban J connectivity index is 1.76. The lowest BCUT2D eigenvalue weighted by Crippen LogP contribution is -2.42. The molecule has 4 rings (SSSR count). The fourth-order valence-corrected chi connectivity index (χ4v) is 4.56. The Kier molecular flexibility index (Phi) is 5.63. The van der Waals surface area contributed by atoms with E-state index in [0.29, 0.717) is 19.4 Å². The number of nitrogens with one attached hydrogen (secondary N) is 1. The molecule has 1 saturated heterocycles. The van der Waals surface area contributed by atoms with Crippen LogP contribution in [0.5, 0.6) is 0 Å². The molecule has 33 heavy (non-hydrogen) atoms. The van der Waals surface area contributed by atoms with E-state index < -0.39 is 44.2 Å². The van der Waals surface area contributed by atoms with Gasteiger partial charge in [0, 0.05) is 18.3 Å². The van der Waals surface area contributed by atoms with Crippen LogP contribution in [-0.2, 0) is 10.0 Å². The van der Waals surface area contributed by atoms with E-state index in [9.17, 15) is 22.0 Å². The second-order valence-corrected chi connectivity index (χ2v) is 11.4. The summed E-state index contributed by atoms with van der Waals surface area (Å²) in [6.45, 7) is 4.67. The van der Waals surface area contributed by atoms with Crippen molar-refractivity contribution >= 4 is 27.1 Å². The first-order valence-electron chi connectivity index (χ1n) is 10.3. The largest absolute Gasteiger partial charge is 0.362 e. The number of carbonyl (C=O) groups excluding carboxylic acids is 1. The molecular weight excluding hydrogens is 457 g/mol. The average molecular weight is 481 g/mol. The van der Waals surface area contributed by atoms with Crippen molar-refractivity contribution in [3.8, 4) is 0 Å². The highest BCUT2D eigenvalue weighted by atomic mass is 32.2. The molecule has 11 heteroatoms. The number of hydrogen-bond donors (Lipinski definition) is 1. The van der Waals surface area contributed by atoms with Gasteiger partial charge in [0.2, 0.25) is 10.0 Å². The summed E-state index contributed by atoms with van der Waals surface area (Å²) >= 11 is 0. The number of amides is 1. The molecule has 1 aromatic carbocycles. The van der Waals surface area contributed by atoms with Gasteiger partial charge in [0.25, 0.3) is 5.91 Å². The summed E-state index contributed by atoms with van der Waals surface area (Å²) in [5.41, 5.74) is -0.259. The maximum absolute atomic E-state index is 15.7. The summed E-state index contributed by atoms with van der Waals surface area (Å²) in [7, 11) is -4.03. The first-order valence-corrected chi connectivity index (χ1v) is 11.8. The van der Waals surface area contributed by atoms with Gasteiger partial charge in [-0.05, 0) is 57.9 Å². The number of halogens is 3. The highest BCUT2D eigenvalue weighted by Crippen LogP contribution is 2.39. The zero-order valence-electron chi connectivity index (χ0n) is 18.3. The highest BCUT2D eigenvalue weighted by molar-refractivity contribution is 7.91. The molecule has 3 heterocycles. The van der Waals surface area contributed by atoms with Crippen LogP contribution in [0.4, 0.5) is 18.9 Å². The molecule has 7 nitrogen and oxygen atoms in total. The Morgan fingerprint density at radius 2 is 1.91 bits per heavy atom. The number of rotatable bonds is 4. The first-order chi connectivity index (χ1) is 15.4.